The van der Waals surface area contributed by atoms with Gasteiger partial charge in [-0.2, -0.15) is 0 Å². The van der Waals surface area contributed by atoms with E-state index in [4.69, 9.17) is 5.11 Å². The Balaban J connectivity index is 2.74. The molecule has 5 nitrogen and oxygen atoms in total. The van der Waals surface area contributed by atoms with Gasteiger partial charge in [0.25, 0.3) is 0 Å². The van der Waals surface area contributed by atoms with Crippen molar-refractivity contribution >= 4 is 17.5 Å². The zero-order chi connectivity index (χ0) is 10.7. The van der Waals surface area contributed by atoms with Crippen LogP contribution in [0.25, 0.3) is 0 Å². The molecule has 1 aliphatic rings. The number of hydrogen-bond donors (Lipinski definition) is 1. The van der Waals surface area contributed by atoms with Crippen molar-refractivity contribution < 1.29 is 24.2 Å². The molecule has 0 amide bonds. The zero-order valence-electron chi connectivity index (χ0n) is 7.39. The molecule has 0 aromatic carbocycles. The molecule has 0 aliphatic heterocycles. The van der Waals surface area contributed by atoms with E-state index in [9.17, 15) is 14.4 Å². The van der Waals surface area contributed by atoms with Gasteiger partial charge in [-0.15, -0.1) is 0 Å². The second-order valence-electron chi connectivity index (χ2n) is 2.71. The molecule has 14 heavy (non-hydrogen) atoms. The summed E-state index contributed by atoms with van der Waals surface area (Å²) in [6.07, 6.45) is 1.65. The van der Waals surface area contributed by atoms with Crippen LogP contribution in [0.15, 0.2) is 24.0 Å². The number of carbonyl (C=O) groups excluding carboxylic acids is 3. The molecule has 1 unspecified atom stereocenters. The smallest absolute Gasteiger partial charge is 0.340 e. The van der Waals surface area contributed by atoms with Crippen molar-refractivity contribution in [1.82, 2.24) is 0 Å². The van der Waals surface area contributed by atoms with Crippen LogP contribution in [0.2, 0.25) is 0 Å². The average molecular weight is 196 g/mol. The third kappa shape index (κ3) is 2.37. The predicted octanol–water partition coefficient (Wildman–Crippen LogP) is -0.498. The number of ether oxygens (including phenoxy) is 1. The first-order chi connectivity index (χ1) is 6.50. The van der Waals surface area contributed by atoms with E-state index in [1.165, 1.54) is 6.92 Å². The normalized spacial score (nSPS) is 17.7. The van der Waals surface area contributed by atoms with Crippen LogP contribution in [-0.2, 0) is 19.1 Å². The van der Waals surface area contributed by atoms with Crippen LogP contribution in [0.1, 0.15) is 6.92 Å². The molecule has 74 valence electrons. The summed E-state index contributed by atoms with van der Waals surface area (Å²) in [5.41, 5.74) is 0. The molecule has 0 spiro atoms. The average Bonchev–Trinajstić information content (AvgIpc) is 2.11. The van der Waals surface area contributed by atoms with Gasteiger partial charge in [0.15, 0.2) is 11.5 Å². The number of hydrogen-bond acceptors (Lipinski definition) is 5. The number of aliphatic hydroxyl groups excluding tert-OH is 1. The second kappa shape index (κ2) is 3.97. The fourth-order valence-electron chi connectivity index (χ4n) is 0.762. The predicted molar refractivity (Wildman–Crippen MR) is 45.0 cm³/mol. The zero-order valence-corrected chi connectivity index (χ0v) is 7.39. The molecule has 1 N–H and O–H groups in total. The molecule has 0 radical (unpaired) electrons. The first-order valence-electron chi connectivity index (χ1n) is 3.88. The second-order valence-corrected chi connectivity index (χ2v) is 2.71. The maximum atomic E-state index is 11.0. The highest BCUT2D eigenvalue weighted by Gasteiger charge is 2.20. The Hall–Kier alpha value is -1.75. The van der Waals surface area contributed by atoms with E-state index in [2.05, 4.69) is 4.74 Å². The van der Waals surface area contributed by atoms with Gasteiger partial charge in [-0.3, -0.25) is 9.59 Å². The van der Waals surface area contributed by atoms with Crippen LogP contribution in [0.4, 0.5) is 0 Å². The largest absolute Gasteiger partial charge is 0.420 e. The van der Waals surface area contributed by atoms with Gasteiger partial charge in [-0.05, 0) is 19.1 Å². The molecule has 5 heteroatoms. The Morgan fingerprint density at radius 1 is 1.43 bits per heavy atom. The number of aliphatic hydroxyl groups is 1. The Labute approximate surface area is 79.7 Å². The van der Waals surface area contributed by atoms with E-state index in [1.807, 2.05) is 0 Å². The van der Waals surface area contributed by atoms with Gasteiger partial charge >= 0.3 is 5.97 Å². The van der Waals surface area contributed by atoms with Gasteiger partial charge in [0.2, 0.25) is 5.78 Å². The molecule has 0 bridgehead atoms. The lowest BCUT2D eigenvalue weighted by Crippen LogP contribution is -2.22. The molecule has 0 saturated heterocycles. The summed E-state index contributed by atoms with van der Waals surface area (Å²) < 4.78 is 4.49. The Bertz CT molecular complexity index is 348. The molecule has 0 heterocycles. The molecule has 1 rings (SSSR count). The fourth-order valence-corrected chi connectivity index (χ4v) is 0.762. The first kappa shape index (κ1) is 10.3. The van der Waals surface area contributed by atoms with Gasteiger partial charge in [0.1, 0.15) is 6.10 Å². The third-order valence-corrected chi connectivity index (χ3v) is 1.47. The van der Waals surface area contributed by atoms with Crippen molar-refractivity contribution in [2.45, 2.75) is 13.0 Å². The molecule has 0 aromatic heterocycles. The van der Waals surface area contributed by atoms with Crippen molar-refractivity contribution in [3.8, 4) is 0 Å². The van der Waals surface area contributed by atoms with E-state index in [-0.39, 0.29) is 5.76 Å². The van der Waals surface area contributed by atoms with Crippen LogP contribution in [0, 0.1) is 0 Å². The van der Waals surface area contributed by atoms with Crippen molar-refractivity contribution in [2.75, 3.05) is 0 Å². The molecular weight excluding hydrogens is 188 g/mol. The third-order valence-electron chi connectivity index (χ3n) is 1.47. The highest BCUT2D eigenvalue weighted by Crippen LogP contribution is 2.08. The van der Waals surface area contributed by atoms with Gasteiger partial charge < -0.3 is 9.84 Å². The van der Waals surface area contributed by atoms with Crippen molar-refractivity contribution in [3.63, 3.8) is 0 Å². The Kier molecular flexibility index (Phi) is 2.93. The maximum absolute atomic E-state index is 11.0. The summed E-state index contributed by atoms with van der Waals surface area (Å²) in [6, 6.07) is 0. The highest BCUT2D eigenvalue weighted by atomic mass is 16.6. The summed E-state index contributed by atoms with van der Waals surface area (Å²) in [5.74, 6) is -2.33. The first-order valence-corrected chi connectivity index (χ1v) is 3.88. The minimum Gasteiger partial charge on any atom is -0.420 e. The van der Waals surface area contributed by atoms with E-state index in [1.54, 1.807) is 0 Å². The lowest BCUT2D eigenvalue weighted by atomic mass is 10.1. The topological polar surface area (TPSA) is 80.7 Å². The minimum atomic E-state index is -1.33. The minimum absolute atomic E-state index is 0.358. The van der Waals surface area contributed by atoms with E-state index >= 15 is 0 Å². The lowest BCUT2D eigenvalue weighted by Gasteiger charge is -2.08. The molecular formula is C9H8O5. The van der Waals surface area contributed by atoms with Crippen LogP contribution in [0.5, 0.6) is 0 Å². The summed E-state index contributed by atoms with van der Waals surface area (Å²) in [5, 5.41) is 8.79. The van der Waals surface area contributed by atoms with E-state index < -0.39 is 23.6 Å². The lowest BCUT2D eigenvalue weighted by molar-refractivity contribution is -0.149. The standard InChI is InChI=1S/C9H8O5/c1-5(10)9(13)14-8-4-6(11)2-3-7(8)12/h2-5,10H,1H3. The summed E-state index contributed by atoms with van der Waals surface area (Å²) in [4.78, 5) is 32.7. The van der Waals surface area contributed by atoms with Crippen LogP contribution >= 0.6 is 0 Å². The number of carbonyl (C=O) groups is 3. The highest BCUT2D eigenvalue weighted by molar-refractivity contribution is 6.16. The van der Waals surface area contributed by atoms with Crippen molar-refractivity contribution in [1.29, 1.82) is 0 Å². The van der Waals surface area contributed by atoms with Crippen LogP contribution in [0.3, 0.4) is 0 Å². The van der Waals surface area contributed by atoms with E-state index in [0.29, 0.717) is 0 Å². The molecule has 1 aliphatic carbocycles. The Morgan fingerprint density at radius 3 is 2.64 bits per heavy atom. The van der Waals surface area contributed by atoms with Gasteiger partial charge in [-0.1, -0.05) is 0 Å². The molecule has 0 aromatic rings. The monoisotopic (exact) mass is 196 g/mol. The SMILES string of the molecule is CC(O)C(=O)OC1=CC(=O)C=CC1=O. The quantitative estimate of drug-likeness (QED) is 0.475. The number of ketones is 2. The fraction of sp³-hybridized carbons (Fsp3) is 0.222. The van der Waals surface area contributed by atoms with Gasteiger partial charge in [-0.25, -0.2) is 4.79 Å². The summed E-state index contributed by atoms with van der Waals surface area (Å²) in [7, 11) is 0. The van der Waals surface area contributed by atoms with Crippen LogP contribution in [-0.4, -0.2) is 28.7 Å². The van der Waals surface area contributed by atoms with E-state index in [0.717, 1.165) is 18.2 Å². The van der Waals surface area contributed by atoms with Crippen molar-refractivity contribution in [2.24, 2.45) is 0 Å². The van der Waals surface area contributed by atoms with Crippen molar-refractivity contribution in [3.05, 3.63) is 24.0 Å². The number of rotatable bonds is 2. The molecule has 0 fully saturated rings. The summed E-state index contributed by atoms with van der Waals surface area (Å²) in [6.45, 7) is 1.20. The van der Waals surface area contributed by atoms with Crippen LogP contribution < -0.4 is 0 Å². The Morgan fingerprint density at radius 2 is 2.07 bits per heavy atom. The molecule has 1 atom stereocenters. The maximum Gasteiger partial charge on any atom is 0.340 e. The van der Waals surface area contributed by atoms with Gasteiger partial charge in [0.05, 0.1) is 0 Å². The number of allylic oxidation sites excluding steroid dienone is 3. The number of esters is 1. The van der Waals surface area contributed by atoms with Gasteiger partial charge in [0, 0.05) is 6.08 Å². The molecule has 0 saturated carbocycles. The summed E-state index contributed by atoms with van der Waals surface area (Å²) >= 11 is 0.